The molecule has 1 fully saturated rings. The van der Waals surface area contributed by atoms with Crippen LogP contribution in [-0.4, -0.2) is 40.6 Å². The Labute approximate surface area is 87.5 Å². The van der Waals surface area contributed by atoms with E-state index in [9.17, 15) is 0 Å². The molecule has 0 radical (unpaired) electrons. The van der Waals surface area contributed by atoms with Gasteiger partial charge in [-0.25, -0.2) is 0 Å². The van der Waals surface area contributed by atoms with Gasteiger partial charge in [0.15, 0.2) is 17.5 Å². The van der Waals surface area contributed by atoms with Crippen LogP contribution in [0.25, 0.3) is 0 Å². The maximum absolute atomic E-state index is 2.98. The Morgan fingerprint density at radius 2 is 1.69 bits per heavy atom. The SMILES string of the molecule is CC(C)N1[SiH](C)N([SiH](C)C)[Si]1(C)C. The molecule has 1 unspecified atom stereocenters. The normalized spacial score (nSPS) is 29.8. The Morgan fingerprint density at radius 1 is 1.23 bits per heavy atom. The van der Waals surface area contributed by atoms with Gasteiger partial charge >= 0.3 is 0 Å². The molecule has 0 amide bonds. The fourth-order valence-electron chi connectivity index (χ4n) is 3.25. The zero-order valence-electron chi connectivity index (χ0n) is 10.1. The Morgan fingerprint density at radius 3 is 1.92 bits per heavy atom. The van der Waals surface area contributed by atoms with Crippen LogP contribution < -0.4 is 0 Å². The second kappa shape index (κ2) is 3.62. The zero-order valence-corrected chi connectivity index (χ0v) is 13.4. The summed E-state index contributed by atoms with van der Waals surface area (Å²) in [5.41, 5.74) is 0. The molecule has 5 heteroatoms. The lowest BCUT2D eigenvalue weighted by Gasteiger charge is -2.65. The first-order valence-corrected chi connectivity index (χ1v) is 13.3. The van der Waals surface area contributed by atoms with Crippen LogP contribution in [0.4, 0.5) is 0 Å². The van der Waals surface area contributed by atoms with Gasteiger partial charge in [0, 0.05) is 0 Å². The van der Waals surface area contributed by atoms with Crippen LogP contribution in [0.1, 0.15) is 13.8 Å². The van der Waals surface area contributed by atoms with Crippen LogP contribution in [0.5, 0.6) is 0 Å². The molecule has 0 saturated carbocycles. The van der Waals surface area contributed by atoms with Gasteiger partial charge in [-0.3, -0.25) is 0 Å². The van der Waals surface area contributed by atoms with Crippen LogP contribution in [0.15, 0.2) is 0 Å². The highest BCUT2D eigenvalue weighted by Gasteiger charge is 2.54. The second-order valence-electron chi connectivity index (χ2n) is 5.13. The topological polar surface area (TPSA) is 6.48 Å². The summed E-state index contributed by atoms with van der Waals surface area (Å²) < 4.78 is 5.85. The van der Waals surface area contributed by atoms with E-state index in [2.05, 4.69) is 54.7 Å². The van der Waals surface area contributed by atoms with Crippen molar-refractivity contribution in [1.82, 2.24) is 8.13 Å². The van der Waals surface area contributed by atoms with Crippen LogP contribution in [0.2, 0.25) is 32.7 Å². The van der Waals surface area contributed by atoms with E-state index in [4.69, 9.17) is 0 Å². The van der Waals surface area contributed by atoms with E-state index in [-0.39, 0.29) is 0 Å². The van der Waals surface area contributed by atoms with Gasteiger partial charge in [-0.1, -0.05) is 26.9 Å². The number of hydrogen-bond donors (Lipinski definition) is 0. The molecule has 0 aromatic rings. The monoisotopic (exact) mass is 232 g/mol. The summed E-state index contributed by atoms with van der Waals surface area (Å²) in [6.45, 7) is 17.2. The average molecular weight is 233 g/mol. The van der Waals surface area contributed by atoms with Gasteiger partial charge in [0.1, 0.15) is 0 Å². The van der Waals surface area contributed by atoms with Crippen molar-refractivity contribution in [2.45, 2.75) is 52.6 Å². The highest BCUT2D eigenvalue weighted by Crippen LogP contribution is 2.33. The highest BCUT2D eigenvalue weighted by atomic mass is 28.5. The van der Waals surface area contributed by atoms with Crippen molar-refractivity contribution < 1.29 is 0 Å². The summed E-state index contributed by atoms with van der Waals surface area (Å²) in [7, 11) is -2.28. The largest absolute Gasteiger partial charge is 0.350 e. The van der Waals surface area contributed by atoms with E-state index in [1.165, 1.54) is 0 Å². The van der Waals surface area contributed by atoms with Crippen LogP contribution >= 0.6 is 0 Å². The van der Waals surface area contributed by atoms with Crippen molar-refractivity contribution in [2.75, 3.05) is 0 Å². The lowest BCUT2D eigenvalue weighted by Crippen LogP contribution is -2.86. The van der Waals surface area contributed by atoms with Crippen molar-refractivity contribution in [2.24, 2.45) is 0 Å². The van der Waals surface area contributed by atoms with Crippen LogP contribution in [0.3, 0.4) is 0 Å². The molecule has 1 rings (SSSR count). The van der Waals surface area contributed by atoms with Crippen molar-refractivity contribution in [3.63, 3.8) is 0 Å². The van der Waals surface area contributed by atoms with Crippen molar-refractivity contribution in [3.05, 3.63) is 0 Å². The second-order valence-corrected chi connectivity index (χ2v) is 16.4. The van der Waals surface area contributed by atoms with Gasteiger partial charge in [0.25, 0.3) is 0 Å². The first kappa shape index (κ1) is 11.6. The van der Waals surface area contributed by atoms with Crippen molar-refractivity contribution in [3.8, 4) is 0 Å². The van der Waals surface area contributed by atoms with Gasteiger partial charge in [0.2, 0.25) is 0 Å². The molecule has 2 nitrogen and oxygen atoms in total. The minimum absolute atomic E-state index is 0.525. The minimum atomic E-state index is -1.11. The molecule has 1 heterocycles. The Hall–Kier alpha value is 0.571. The minimum Gasteiger partial charge on any atom is -0.350 e. The first-order valence-electron chi connectivity index (χ1n) is 5.37. The first-order chi connectivity index (χ1) is 5.80. The molecule has 13 heavy (non-hydrogen) atoms. The molecule has 0 spiro atoms. The summed E-state index contributed by atoms with van der Waals surface area (Å²) >= 11 is 0. The van der Waals surface area contributed by atoms with E-state index in [1.54, 1.807) is 0 Å². The Kier molecular flexibility index (Phi) is 3.24. The predicted octanol–water partition coefficient (Wildman–Crippen LogP) is 1.55. The third kappa shape index (κ3) is 1.72. The summed E-state index contributed by atoms with van der Waals surface area (Å²) in [5, 5.41) is 0. The molecular weight excluding hydrogens is 208 g/mol. The third-order valence-electron chi connectivity index (χ3n) is 3.18. The van der Waals surface area contributed by atoms with E-state index in [1.807, 2.05) is 0 Å². The van der Waals surface area contributed by atoms with Gasteiger partial charge in [0.05, 0.1) is 8.96 Å². The van der Waals surface area contributed by atoms with E-state index >= 15 is 0 Å². The fraction of sp³-hybridized carbons (Fsp3) is 1.00. The molecule has 0 N–H and O–H groups in total. The van der Waals surface area contributed by atoms with Crippen LogP contribution in [-0.2, 0) is 0 Å². The number of nitrogens with zero attached hydrogens (tertiary/aromatic N) is 2. The maximum atomic E-state index is 2.98. The average Bonchev–Trinajstić information content (AvgIpc) is 1.81. The summed E-state index contributed by atoms with van der Waals surface area (Å²) in [6.07, 6.45) is 0. The summed E-state index contributed by atoms with van der Waals surface area (Å²) in [6, 6.07) is 0.785. The maximum Gasteiger partial charge on any atom is 0.182 e. The van der Waals surface area contributed by atoms with Crippen LogP contribution in [0, 0.1) is 0 Å². The smallest absolute Gasteiger partial charge is 0.182 e. The molecule has 0 aromatic carbocycles. The molecule has 0 aliphatic carbocycles. The molecule has 1 atom stereocenters. The van der Waals surface area contributed by atoms with E-state index in [0.29, 0.717) is 0 Å². The molecular formula is C8H24N2Si3. The molecule has 78 valence electrons. The van der Waals surface area contributed by atoms with E-state index < -0.39 is 26.5 Å². The van der Waals surface area contributed by atoms with Gasteiger partial charge < -0.3 is 8.13 Å². The standard InChI is InChI=1S/C8H24N2Si3/c1-8(2)9-12(5)10(11(3)4)13(9,6)7/h8,11-12H,1-7H3. The molecule has 1 aliphatic rings. The number of hydrogen-bond acceptors (Lipinski definition) is 2. The lowest BCUT2D eigenvalue weighted by molar-refractivity contribution is 0.426. The highest BCUT2D eigenvalue weighted by molar-refractivity contribution is 7.03. The van der Waals surface area contributed by atoms with Gasteiger partial charge in [-0.05, 0) is 25.7 Å². The van der Waals surface area contributed by atoms with Crippen molar-refractivity contribution in [1.29, 1.82) is 0 Å². The third-order valence-corrected chi connectivity index (χ3v) is 22.1. The molecule has 1 saturated heterocycles. The summed E-state index contributed by atoms with van der Waals surface area (Å²) in [5.74, 6) is 0. The quantitative estimate of drug-likeness (QED) is 0.667. The Bertz CT molecular complexity index is 176. The molecule has 1 aliphatic heterocycles. The number of rotatable bonds is 2. The van der Waals surface area contributed by atoms with Gasteiger partial charge in [-0.2, -0.15) is 0 Å². The van der Waals surface area contributed by atoms with Crippen molar-refractivity contribution >= 4 is 26.5 Å². The Balaban J connectivity index is 2.76. The molecule has 0 aromatic heterocycles. The summed E-state index contributed by atoms with van der Waals surface area (Å²) in [4.78, 5) is 0. The van der Waals surface area contributed by atoms with E-state index in [0.717, 1.165) is 6.04 Å². The predicted molar refractivity (Wildman–Crippen MR) is 68.2 cm³/mol. The molecule has 0 bridgehead atoms. The lowest BCUT2D eigenvalue weighted by atomic mass is 10.4. The van der Waals surface area contributed by atoms with Gasteiger partial charge in [-0.15, -0.1) is 0 Å². The fourth-order valence-corrected chi connectivity index (χ4v) is 24.1. The zero-order chi connectivity index (χ0) is 10.4.